The van der Waals surface area contributed by atoms with E-state index < -0.39 is 18.3 Å². The van der Waals surface area contributed by atoms with E-state index in [1.54, 1.807) is 18.6 Å². The van der Waals surface area contributed by atoms with Gasteiger partial charge >= 0.3 is 0 Å². The zero-order valence-corrected chi connectivity index (χ0v) is 84.8. The molecule has 0 unspecified atom stereocenters. The van der Waals surface area contributed by atoms with Gasteiger partial charge in [-0.25, -0.2) is 39.9 Å². The van der Waals surface area contributed by atoms with Crippen LogP contribution in [-0.4, -0.2) is 248 Å². The Morgan fingerprint density at radius 1 is 0.314 bits per heavy atom. The molecule has 8 bridgehead atoms. The predicted octanol–water partition coefficient (Wildman–Crippen LogP) is 15.4. The van der Waals surface area contributed by atoms with Crippen molar-refractivity contribution < 1.29 is 58.8 Å². The first kappa shape index (κ1) is 97.4. The fraction of sp³-hybridized carbons (Fsp3) is 0.615. The molecule has 8 saturated heterocycles. The van der Waals surface area contributed by atoms with Gasteiger partial charge in [-0.1, -0.05) is 0 Å². The van der Waals surface area contributed by atoms with Gasteiger partial charge in [0.2, 0.25) is 0 Å². The van der Waals surface area contributed by atoms with Crippen LogP contribution in [0.5, 0.6) is 0 Å². The van der Waals surface area contributed by atoms with E-state index in [9.17, 15) is 58.8 Å². The largest absolute Gasteiger partial charge is 0.393 e. The number of carbonyl (C=O) groups excluding carboxylic acids is 8. The maximum Gasteiger partial charge on any atom is 0.280 e. The van der Waals surface area contributed by atoms with Gasteiger partial charge < -0.3 is 82.6 Å². The van der Waals surface area contributed by atoms with Crippen LogP contribution in [0.1, 0.15) is 344 Å². The molecular weight excluding hydrogens is 1850 g/mol. The Balaban J connectivity index is 0.000000115. The summed E-state index contributed by atoms with van der Waals surface area (Å²) in [5.41, 5.74) is 8.72. The smallest absolute Gasteiger partial charge is 0.280 e. The van der Waals surface area contributed by atoms with E-state index in [1.807, 2.05) is 77.8 Å². The number of aromatic nitrogens is 8. The second kappa shape index (κ2) is 41.0. The van der Waals surface area contributed by atoms with E-state index in [4.69, 9.17) is 0 Å². The highest BCUT2D eigenvalue weighted by atomic mass is 32.1. The van der Waals surface area contributed by atoms with Crippen molar-refractivity contribution in [2.45, 2.75) is 389 Å². The number of carbonyl (C=O) groups is 8. The number of hydrogen-bond acceptors (Lipinski definition) is 28. The number of aryl methyl sites for hydroxylation is 4. The van der Waals surface area contributed by atoms with Gasteiger partial charge in [-0.15, -0.1) is 45.3 Å². The standard InChI is InChI=1S/C27H35N5O3S.2C26H33N5O3S.C25H33N5O3S/c1-14-12-22(29-15(2)16-6-7-16)28-13-19(14)24-23(27(35)32-17-8-9-18(32)11-10-17)31-26(36-24)25(34)30-20-4-3-5-21(20)33;2*1-13-11-21(28-14(2)15-3-4-15)27-12-18(13)23-22(26(34)31-16-5-6-17(31)8-7-16)30-25(35-23)24(33)29-19-9-10-20(19)32;1-13(2)27-20-10-14(3)19(12-26-20)22-21(25(33)30-16-5-6-17(30)8-7-16)29-24(34-22)23(32)28-15-4-9-18(31)11-15/h12-13,15-18,20-21,33H,3-11H2,1-2H3,(H,28,29)(H,30,34);2*11-12,14-17,19-20,32H,3-10H2,1-2H3,(H,27,28)(H,29,33);10,12-13,15-18,31H,4-9,11H2,1-3H3,(H,26,27)(H,28,32)/t15-,17?,18?,20-,21-;14-,16?,17?,19+,20+;14-,16?,17?,19-,20-;15-,16?,17?,18-/m1111/s1. The zero-order valence-electron chi connectivity index (χ0n) is 81.6. The van der Waals surface area contributed by atoms with Crippen molar-refractivity contribution in [3.05, 3.63) is 114 Å². The van der Waals surface area contributed by atoms with Crippen LogP contribution in [0.4, 0.5) is 23.3 Å². The van der Waals surface area contributed by atoms with Crippen LogP contribution >= 0.6 is 45.3 Å². The number of nitrogens with zero attached hydrogens (tertiary/aromatic N) is 12. The molecule has 11 atom stereocenters. The number of thiazole rings is 4. The Labute approximate surface area is 833 Å². The molecule has 8 aliphatic heterocycles. The molecule has 8 aromatic heterocycles. The topological polar surface area (TPSA) is 430 Å². The van der Waals surface area contributed by atoms with Gasteiger partial charge in [0, 0.05) is 126 Å². The zero-order chi connectivity index (χ0) is 97.5. The molecule has 12 N–H and O–H groups in total. The molecule has 7 aliphatic carbocycles. The molecular formula is C104H134N20O12S4. The minimum absolute atomic E-state index is 0.0618. The lowest BCUT2D eigenvalue weighted by Crippen LogP contribution is -2.50. The molecule has 15 fully saturated rings. The second-order valence-electron chi connectivity index (χ2n) is 42.8. The Morgan fingerprint density at radius 3 is 0.786 bits per heavy atom. The van der Waals surface area contributed by atoms with Gasteiger partial charge in [0.25, 0.3) is 47.3 Å². The number of fused-ring (bicyclic) bond motifs is 8. The SMILES string of the molecule is Cc1cc(NC(C)C)ncc1-c1sc(C(=O)N[C@@H]2CC[C@@H](O)C2)nc1C(=O)N1C2CCC1CC2.Cc1cc(N[C@H](C)C2CC2)ncc1-c1sc(C(=O)N[C@@H]2CCC[C@H]2O)nc1C(=O)N1C2CCC1CC2.Cc1cc(N[C@H](C)C2CC2)ncc1-c1sc(C(=O)N[C@@H]2CC[C@H]2O)nc1C(=O)N1C2CCC1CC2.Cc1cc(N[C@H](C)C2CC2)ncc1-c1sc(C(=O)N[C@H]2CC[C@@H]2O)nc1C(=O)N1C2CCC1CC2. The van der Waals surface area contributed by atoms with Crippen LogP contribution in [0.25, 0.3) is 41.8 Å². The summed E-state index contributed by atoms with van der Waals surface area (Å²) in [6.45, 7) is 18.7. The summed E-state index contributed by atoms with van der Waals surface area (Å²) >= 11 is 5.00. The summed E-state index contributed by atoms with van der Waals surface area (Å²) in [5.74, 6) is 3.87. The summed E-state index contributed by atoms with van der Waals surface area (Å²) in [5, 5.41) is 66.4. The van der Waals surface area contributed by atoms with Gasteiger partial charge in [0.15, 0.2) is 20.0 Å². The van der Waals surface area contributed by atoms with Crippen LogP contribution in [0.3, 0.4) is 0 Å². The first-order valence-corrected chi connectivity index (χ1v) is 55.0. The van der Waals surface area contributed by atoms with E-state index in [-0.39, 0.29) is 152 Å². The monoisotopic (exact) mass is 1980 g/mol. The highest BCUT2D eigenvalue weighted by molar-refractivity contribution is 7.18. The number of anilines is 4. The Hall–Kier alpha value is -10.1. The Bertz CT molecular complexity index is 5770. The highest BCUT2D eigenvalue weighted by Crippen LogP contribution is 2.49. The summed E-state index contributed by atoms with van der Waals surface area (Å²) in [7, 11) is 0. The molecule has 140 heavy (non-hydrogen) atoms. The minimum Gasteiger partial charge on any atom is -0.393 e. The van der Waals surface area contributed by atoms with Crippen molar-refractivity contribution >= 4 is 116 Å². The van der Waals surface area contributed by atoms with E-state index in [0.717, 1.165) is 203 Å². The number of rotatable bonds is 27. The molecule has 23 rings (SSSR count). The van der Waals surface area contributed by atoms with Gasteiger partial charge in [-0.05, 0) is 332 Å². The molecule has 746 valence electrons. The molecule has 16 heterocycles. The number of nitrogens with one attached hydrogen (secondary N) is 8. The lowest BCUT2D eigenvalue weighted by atomic mass is 9.89. The number of aliphatic hydroxyl groups is 4. The summed E-state index contributed by atoms with van der Waals surface area (Å²) < 4.78 is 0. The van der Waals surface area contributed by atoms with Gasteiger partial charge in [-0.3, -0.25) is 38.4 Å². The van der Waals surface area contributed by atoms with Crippen molar-refractivity contribution in [2.75, 3.05) is 21.3 Å². The summed E-state index contributed by atoms with van der Waals surface area (Å²) in [6, 6.07) is 10.9. The second-order valence-corrected chi connectivity index (χ2v) is 46.8. The number of amides is 8. The molecule has 15 aliphatic rings. The van der Waals surface area contributed by atoms with E-state index in [1.165, 1.54) is 83.9 Å². The van der Waals surface area contributed by atoms with Crippen LogP contribution < -0.4 is 42.5 Å². The molecule has 8 amide bonds. The molecule has 8 aromatic rings. The van der Waals surface area contributed by atoms with E-state index in [0.29, 0.717) is 110 Å². The van der Waals surface area contributed by atoms with Crippen LogP contribution in [0.2, 0.25) is 0 Å². The number of hydrogen-bond donors (Lipinski definition) is 12. The maximum atomic E-state index is 13.8. The highest BCUT2D eigenvalue weighted by Gasteiger charge is 2.50. The first-order valence-electron chi connectivity index (χ1n) is 51.7. The Morgan fingerprint density at radius 2 is 0.571 bits per heavy atom. The molecule has 32 nitrogen and oxygen atoms in total. The van der Waals surface area contributed by atoms with Crippen molar-refractivity contribution in [1.29, 1.82) is 0 Å². The fourth-order valence-corrected chi connectivity index (χ4v) is 27.7. The normalized spacial score (nSPS) is 27.5. The van der Waals surface area contributed by atoms with Gasteiger partial charge in [-0.2, -0.15) is 0 Å². The third-order valence-corrected chi connectivity index (χ3v) is 36.8. The predicted molar refractivity (Wildman–Crippen MR) is 541 cm³/mol. The lowest BCUT2D eigenvalue weighted by molar-refractivity contribution is 0.0447. The average Bonchev–Trinajstić information content (AvgIpc) is 1.62. The van der Waals surface area contributed by atoms with Crippen molar-refractivity contribution in [2.24, 2.45) is 17.8 Å². The number of aliphatic hydroxyl groups excluding tert-OH is 4. The third-order valence-electron chi connectivity index (χ3n) is 32.5. The third kappa shape index (κ3) is 20.6. The Kier molecular flexibility index (Phi) is 28.5. The van der Waals surface area contributed by atoms with Crippen LogP contribution in [0.15, 0.2) is 49.1 Å². The van der Waals surface area contributed by atoms with Crippen molar-refractivity contribution in [3.63, 3.8) is 0 Å². The molecule has 7 saturated carbocycles. The number of pyridine rings is 4. The van der Waals surface area contributed by atoms with Crippen LogP contribution in [0, 0.1) is 45.4 Å². The summed E-state index contributed by atoms with van der Waals surface area (Å²) in [4.78, 5) is 155. The quantitative estimate of drug-likeness (QED) is 0.0227. The minimum atomic E-state index is -0.528. The maximum absolute atomic E-state index is 13.8. The van der Waals surface area contributed by atoms with Crippen molar-refractivity contribution in [3.8, 4) is 41.8 Å². The average molecular weight is 1980 g/mol. The molecule has 36 heteroatoms. The molecule has 0 spiro atoms. The lowest BCUT2D eigenvalue weighted by Gasteiger charge is -2.32. The van der Waals surface area contributed by atoms with E-state index in [2.05, 4.69) is 117 Å². The molecule has 0 radical (unpaired) electrons. The fourth-order valence-electron chi connectivity index (χ4n) is 23.5. The van der Waals surface area contributed by atoms with Crippen LogP contribution in [-0.2, 0) is 0 Å². The van der Waals surface area contributed by atoms with Crippen molar-refractivity contribution in [1.82, 2.24) is 80.7 Å². The van der Waals surface area contributed by atoms with E-state index >= 15 is 0 Å². The van der Waals surface area contributed by atoms with Gasteiger partial charge in [0.05, 0.1) is 62.0 Å². The molecule has 0 aromatic carbocycles. The summed E-state index contributed by atoms with van der Waals surface area (Å²) in [6.07, 6.45) is 36.8. The van der Waals surface area contributed by atoms with Gasteiger partial charge in [0.1, 0.15) is 46.0 Å². The first-order chi connectivity index (χ1) is 67.5.